The zero-order valence-corrected chi connectivity index (χ0v) is 11.8. The van der Waals surface area contributed by atoms with Gasteiger partial charge in [-0.2, -0.15) is 0 Å². The van der Waals surface area contributed by atoms with Crippen molar-refractivity contribution in [2.45, 2.75) is 32.7 Å². The number of aromatic nitrogens is 1. The molecule has 1 unspecified atom stereocenters. The second-order valence-electron chi connectivity index (χ2n) is 5.54. The SMILES string of the molecule is CC1(C(=O)N2CCc3ncsc3C2)CCC(=O)NC1. The summed E-state index contributed by atoms with van der Waals surface area (Å²) >= 11 is 1.62. The molecule has 3 rings (SSSR count). The van der Waals surface area contributed by atoms with Crippen LogP contribution < -0.4 is 5.32 Å². The molecule has 2 aliphatic rings. The van der Waals surface area contributed by atoms with Crippen LogP contribution in [-0.2, 0) is 22.6 Å². The van der Waals surface area contributed by atoms with E-state index in [1.807, 2.05) is 17.3 Å². The van der Waals surface area contributed by atoms with Crippen LogP contribution in [0.3, 0.4) is 0 Å². The molecule has 0 spiro atoms. The fourth-order valence-corrected chi connectivity index (χ4v) is 3.55. The van der Waals surface area contributed by atoms with Gasteiger partial charge < -0.3 is 10.2 Å². The fraction of sp³-hybridized carbons (Fsp3) is 0.615. The summed E-state index contributed by atoms with van der Waals surface area (Å²) in [6.45, 7) is 3.81. The van der Waals surface area contributed by atoms with Gasteiger partial charge in [0.25, 0.3) is 0 Å². The van der Waals surface area contributed by atoms with Crippen LogP contribution >= 0.6 is 11.3 Å². The second kappa shape index (κ2) is 4.59. The van der Waals surface area contributed by atoms with Crippen molar-refractivity contribution in [2.75, 3.05) is 13.1 Å². The van der Waals surface area contributed by atoms with E-state index in [9.17, 15) is 9.59 Å². The van der Waals surface area contributed by atoms with Gasteiger partial charge in [-0.05, 0) is 13.3 Å². The number of amides is 2. The minimum Gasteiger partial charge on any atom is -0.355 e. The Labute approximate surface area is 116 Å². The number of hydrogen-bond acceptors (Lipinski definition) is 4. The van der Waals surface area contributed by atoms with E-state index >= 15 is 0 Å². The molecule has 1 aromatic rings. The molecule has 102 valence electrons. The molecule has 5 nitrogen and oxygen atoms in total. The number of fused-ring (bicyclic) bond motifs is 1. The first-order valence-electron chi connectivity index (χ1n) is 6.56. The predicted molar refractivity (Wildman–Crippen MR) is 71.6 cm³/mol. The summed E-state index contributed by atoms with van der Waals surface area (Å²) in [5.74, 6) is 0.209. The van der Waals surface area contributed by atoms with Crippen molar-refractivity contribution < 1.29 is 9.59 Å². The Morgan fingerprint density at radius 1 is 1.53 bits per heavy atom. The van der Waals surface area contributed by atoms with Crippen LogP contribution in [0.4, 0.5) is 0 Å². The molecule has 2 aliphatic heterocycles. The lowest BCUT2D eigenvalue weighted by Crippen LogP contribution is -2.52. The molecule has 1 fully saturated rings. The molecular weight excluding hydrogens is 262 g/mol. The normalized spacial score (nSPS) is 26.8. The minimum atomic E-state index is -0.448. The van der Waals surface area contributed by atoms with Gasteiger partial charge in [-0.1, -0.05) is 0 Å². The van der Waals surface area contributed by atoms with Gasteiger partial charge in [0.15, 0.2) is 0 Å². The van der Waals surface area contributed by atoms with Gasteiger partial charge in [0.2, 0.25) is 11.8 Å². The number of nitrogens with zero attached hydrogens (tertiary/aromatic N) is 2. The van der Waals surface area contributed by atoms with Gasteiger partial charge >= 0.3 is 0 Å². The van der Waals surface area contributed by atoms with Crippen LogP contribution in [0.1, 0.15) is 30.3 Å². The van der Waals surface area contributed by atoms with Crippen LogP contribution in [0.5, 0.6) is 0 Å². The first-order chi connectivity index (χ1) is 9.08. The van der Waals surface area contributed by atoms with Gasteiger partial charge in [-0.3, -0.25) is 9.59 Å². The van der Waals surface area contributed by atoms with E-state index in [4.69, 9.17) is 0 Å². The lowest BCUT2D eigenvalue weighted by atomic mass is 9.81. The Bertz CT molecular complexity index is 516. The zero-order chi connectivity index (χ0) is 13.5. The Balaban J connectivity index is 1.73. The number of carbonyl (C=O) groups is 2. The van der Waals surface area contributed by atoms with Gasteiger partial charge in [0.05, 0.1) is 23.2 Å². The summed E-state index contributed by atoms with van der Waals surface area (Å²) in [6.07, 6.45) is 1.93. The molecule has 0 aliphatic carbocycles. The maximum absolute atomic E-state index is 12.7. The summed E-state index contributed by atoms with van der Waals surface area (Å²) in [7, 11) is 0. The predicted octanol–water partition coefficient (Wildman–Crippen LogP) is 0.944. The fourth-order valence-electron chi connectivity index (χ4n) is 2.72. The summed E-state index contributed by atoms with van der Waals surface area (Å²) in [4.78, 5) is 31.3. The second-order valence-corrected chi connectivity index (χ2v) is 6.48. The van der Waals surface area contributed by atoms with Gasteiger partial charge in [-0.15, -0.1) is 11.3 Å². The Morgan fingerprint density at radius 3 is 3.11 bits per heavy atom. The Kier molecular flexibility index (Phi) is 3.05. The monoisotopic (exact) mass is 279 g/mol. The molecule has 1 atom stereocenters. The highest BCUT2D eigenvalue weighted by Gasteiger charge is 2.40. The average Bonchev–Trinajstić information content (AvgIpc) is 2.88. The van der Waals surface area contributed by atoms with Gasteiger partial charge in [0, 0.05) is 30.8 Å². The van der Waals surface area contributed by atoms with Crippen molar-refractivity contribution in [3.05, 3.63) is 16.1 Å². The molecule has 3 heterocycles. The molecule has 0 bridgehead atoms. The summed E-state index contributed by atoms with van der Waals surface area (Å²) in [6, 6.07) is 0. The molecule has 6 heteroatoms. The van der Waals surface area contributed by atoms with Crippen molar-refractivity contribution in [3.63, 3.8) is 0 Å². The van der Waals surface area contributed by atoms with Crippen molar-refractivity contribution in [3.8, 4) is 0 Å². The largest absolute Gasteiger partial charge is 0.355 e. The molecule has 2 amide bonds. The van der Waals surface area contributed by atoms with E-state index in [1.54, 1.807) is 11.3 Å². The van der Waals surface area contributed by atoms with E-state index in [1.165, 1.54) is 4.88 Å². The third-order valence-corrected chi connectivity index (χ3v) is 4.92. The van der Waals surface area contributed by atoms with Crippen LogP contribution in [0.25, 0.3) is 0 Å². The van der Waals surface area contributed by atoms with Gasteiger partial charge in [-0.25, -0.2) is 4.98 Å². The third-order valence-electron chi connectivity index (χ3n) is 4.06. The summed E-state index contributed by atoms with van der Waals surface area (Å²) in [5.41, 5.74) is 2.54. The highest BCUT2D eigenvalue weighted by Crippen LogP contribution is 2.31. The maximum Gasteiger partial charge on any atom is 0.230 e. The summed E-state index contributed by atoms with van der Waals surface area (Å²) in [5, 5.41) is 2.81. The topological polar surface area (TPSA) is 62.3 Å². The lowest BCUT2D eigenvalue weighted by Gasteiger charge is -2.38. The average molecular weight is 279 g/mol. The van der Waals surface area contributed by atoms with E-state index in [-0.39, 0.29) is 11.8 Å². The van der Waals surface area contributed by atoms with E-state index < -0.39 is 5.41 Å². The molecule has 0 saturated carbocycles. The molecular formula is C13H17N3O2S. The number of rotatable bonds is 1. The number of hydrogen-bond donors (Lipinski definition) is 1. The van der Waals surface area contributed by atoms with Gasteiger partial charge in [0.1, 0.15) is 0 Å². The van der Waals surface area contributed by atoms with Crippen LogP contribution in [-0.4, -0.2) is 34.8 Å². The van der Waals surface area contributed by atoms with Crippen LogP contribution in [0.15, 0.2) is 5.51 Å². The van der Waals surface area contributed by atoms with Crippen molar-refractivity contribution in [1.82, 2.24) is 15.2 Å². The zero-order valence-electron chi connectivity index (χ0n) is 10.9. The molecule has 19 heavy (non-hydrogen) atoms. The molecule has 0 aromatic carbocycles. The van der Waals surface area contributed by atoms with Crippen molar-refractivity contribution in [2.24, 2.45) is 5.41 Å². The molecule has 0 radical (unpaired) electrons. The van der Waals surface area contributed by atoms with Crippen molar-refractivity contribution in [1.29, 1.82) is 0 Å². The highest BCUT2D eigenvalue weighted by atomic mass is 32.1. The Morgan fingerprint density at radius 2 is 2.37 bits per heavy atom. The highest BCUT2D eigenvalue weighted by molar-refractivity contribution is 7.09. The number of piperidine rings is 1. The molecule has 1 saturated heterocycles. The quantitative estimate of drug-likeness (QED) is 0.832. The van der Waals surface area contributed by atoms with Crippen molar-refractivity contribution >= 4 is 23.2 Å². The number of thiazole rings is 1. The number of nitrogens with one attached hydrogen (secondary N) is 1. The Hall–Kier alpha value is -1.43. The van der Waals surface area contributed by atoms with Crippen LogP contribution in [0, 0.1) is 5.41 Å². The van der Waals surface area contributed by atoms with Crippen LogP contribution in [0.2, 0.25) is 0 Å². The van der Waals surface area contributed by atoms with E-state index in [2.05, 4.69) is 10.3 Å². The first-order valence-corrected chi connectivity index (χ1v) is 7.44. The smallest absolute Gasteiger partial charge is 0.230 e. The first kappa shape index (κ1) is 12.6. The molecule has 1 N–H and O–H groups in total. The number of carbonyl (C=O) groups excluding carboxylic acids is 2. The molecule has 1 aromatic heterocycles. The standard InChI is InChI=1S/C13H17N3O2S/c1-13(4-2-11(17)14-7-13)12(18)16-5-3-9-10(6-16)19-8-15-9/h8H,2-7H2,1H3,(H,14,17). The van der Waals surface area contributed by atoms with E-state index in [0.29, 0.717) is 25.9 Å². The lowest BCUT2D eigenvalue weighted by molar-refractivity contribution is -0.144. The summed E-state index contributed by atoms with van der Waals surface area (Å²) < 4.78 is 0. The third kappa shape index (κ3) is 2.25. The maximum atomic E-state index is 12.7. The van der Waals surface area contributed by atoms with E-state index in [0.717, 1.165) is 18.7 Å². The minimum absolute atomic E-state index is 0.0497.